The minimum Gasteiger partial charge on any atom is -0.295 e. The van der Waals surface area contributed by atoms with Crippen LogP contribution in [-0.4, -0.2) is 9.55 Å². The maximum absolute atomic E-state index is 6.37. The zero-order valence-corrected chi connectivity index (χ0v) is 14.5. The zero-order valence-electron chi connectivity index (χ0n) is 12.2. The molecular weight excluding hydrogens is 348 g/mol. The summed E-state index contributed by atoms with van der Waals surface area (Å²) >= 11 is 9.97. The summed E-state index contributed by atoms with van der Waals surface area (Å²) in [4.78, 5) is 4.74. The minimum absolute atomic E-state index is 0.156. The van der Waals surface area contributed by atoms with Crippen molar-refractivity contribution in [2.75, 3.05) is 0 Å². The van der Waals surface area contributed by atoms with E-state index in [-0.39, 0.29) is 5.38 Å². The number of nitrogens with zero attached hydrogens (tertiary/aromatic N) is 2. The molecule has 0 aliphatic rings. The number of imidazole rings is 1. The van der Waals surface area contributed by atoms with Crippen LogP contribution in [0.3, 0.4) is 0 Å². The van der Waals surface area contributed by atoms with Gasteiger partial charge in [0.05, 0.1) is 22.1 Å². The van der Waals surface area contributed by atoms with Crippen molar-refractivity contribution >= 4 is 38.6 Å². The lowest BCUT2D eigenvalue weighted by Crippen LogP contribution is -2.04. The summed E-state index contributed by atoms with van der Waals surface area (Å²) in [6.45, 7) is 6.13. The molecule has 0 aliphatic carbocycles. The van der Waals surface area contributed by atoms with Crippen LogP contribution in [0.4, 0.5) is 0 Å². The van der Waals surface area contributed by atoms with E-state index in [1.165, 1.54) is 11.1 Å². The Hall–Kier alpha value is -1.32. The highest BCUT2D eigenvalue weighted by Gasteiger charge is 2.18. The van der Waals surface area contributed by atoms with Crippen molar-refractivity contribution in [2.24, 2.45) is 0 Å². The number of benzene rings is 2. The van der Waals surface area contributed by atoms with E-state index in [2.05, 4.69) is 58.6 Å². The van der Waals surface area contributed by atoms with Crippen molar-refractivity contribution in [1.29, 1.82) is 0 Å². The fourth-order valence-corrected chi connectivity index (χ4v) is 3.07. The molecule has 1 aromatic heterocycles. The first kappa shape index (κ1) is 14.6. The van der Waals surface area contributed by atoms with Gasteiger partial charge in [-0.2, -0.15) is 0 Å². The van der Waals surface area contributed by atoms with Crippen LogP contribution in [0, 0.1) is 13.8 Å². The Morgan fingerprint density at radius 3 is 2.67 bits per heavy atom. The molecule has 3 aromatic rings. The maximum atomic E-state index is 6.37. The van der Waals surface area contributed by atoms with Gasteiger partial charge in [-0.05, 0) is 56.2 Å². The predicted octanol–water partition coefficient (Wildman–Crippen LogP) is 5.70. The van der Waals surface area contributed by atoms with Gasteiger partial charge in [-0.1, -0.05) is 28.1 Å². The third-order valence-corrected chi connectivity index (χ3v) is 4.73. The number of fused-ring (bicyclic) bond motifs is 1. The summed E-state index contributed by atoms with van der Waals surface area (Å²) in [5, 5.41) is -0.156. The lowest BCUT2D eigenvalue weighted by atomic mass is 10.1. The highest BCUT2D eigenvalue weighted by molar-refractivity contribution is 9.10. The number of aryl methyl sites for hydroxylation is 1. The van der Waals surface area contributed by atoms with Crippen molar-refractivity contribution in [3.8, 4) is 5.69 Å². The van der Waals surface area contributed by atoms with E-state index in [4.69, 9.17) is 16.6 Å². The second-order valence-electron chi connectivity index (χ2n) is 5.30. The molecule has 0 saturated carbocycles. The Balaban J connectivity index is 2.39. The fraction of sp³-hybridized carbons (Fsp3) is 0.235. The Morgan fingerprint density at radius 1 is 1.19 bits per heavy atom. The van der Waals surface area contributed by atoms with Gasteiger partial charge in [0.1, 0.15) is 5.82 Å². The molecule has 1 unspecified atom stereocenters. The summed E-state index contributed by atoms with van der Waals surface area (Å²) in [7, 11) is 0. The molecule has 0 radical (unpaired) electrons. The average molecular weight is 364 g/mol. The molecule has 21 heavy (non-hydrogen) atoms. The number of hydrogen-bond acceptors (Lipinski definition) is 1. The van der Waals surface area contributed by atoms with Crippen molar-refractivity contribution in [3.63, 3.8) is 0 Å². The van der Waals surface area contributed by atoms with E-state index in [1.54, 1.807) is 0 Å². The smallest absolute Gasteiger partial charge is 0.132 e. The summed E-state index contributed by atoms with van der Waals surface area (Å²) < 4.78 is 3.24. The fourth-order valence-electron chi connectivity index (χ4n) is 2.57. The molecule has 108 valence electrons. The molecule has 4 heteroatoms. The largest absolute Gasteiger partial charge is 0.295 e. The Morgan fingerprint density at radius 2 is 1.95 bits per heavy atom. The molecule has 0 saturated heterocycles. The molecule has 2 nitrogen and oxygen atoms in total. The van der Waals surface area contributed by atoms with E-state index < -0.39 is 0 Å². The molecule has 0 N–H and O–H groups in total. The van der Waals surface area contributed by atoms with Crippen LogP contribution in [0.1, 0.15) is 29.3 Å². The number of rotatable bonds is 2. The van der Waals surface area contributed by atoms with Crippen molar-refractivity contribution in [3.05, 3.63) is 57.8 Å². The molecule has 0 fully saturated rings. The first-order valence-electron chi connectivity index (χ1n) is 6.87. The molecule has 3 rings (SSSR count). The Kier molecular flexibility index (Phi) is 3.80. The van der Waals surface area contributed by atoms with Gasteiger partial charge in [0.2, 0.25) is 0 Å². The van der Waals surface area contributed by atoms with E-state index in [1.807, 2.05) is 19.1 Å². The first-order chi connectivity index (χ1) is 9.99. The normalized spacial score (nSPS) is 12.8. The van der Waals surface area contributed by atoms with Crippen LogP contribution in [0.2, 0.25) is 0 Å². The summed E-state index contributed by atoms with van der Waals surface area (Å²) in [6, 6.07) is 12.5. The predicted molar refractivity (Wildman–Crippen MR) is 92.5 cm³/mol. The molecule has 0 spiro atoms. The number of aromatic nitrogens is 2. The van der Waals surface area contributed by atoms with Gasteiger partial charge >= 0.3 is 0 Å². The second-order valence-corrected chi connectivity index (χ2v) is 6.81. The summed E-state index contributed by atoms with van der Waals surface area (Å²) in [5.74, 6) is 0.874. The molecular formula is C17H16BrClN2. The zero-order chi connectivity index (χ0) is 15.1. The van der Waals surface area contributed by atoms with E-state index in [0.717, 1.165) is 27.0 Å². The monoisotopic (exact) mass is 362 g/mol. The van der Waals surface area contributed by atoms with Crippen LogP contribution in [-0.2, 0) is 0 Å². The highest BCUT2D eigenvalue weighted by Crippen LogP contribution is 2.31. The lowest BCUT2D eigenvalue weighted by molar-refractivity contribution is 0.877. The SMILES string of the molecule is Cc1ccc2c(c1)nc(C(C)Cl)n2-c1cccc(Br)c1C. The maximum Gasteiger partial charge on any atom is 0.132 e. The third kappa shape index (κ3) is 2.49. The van der Waals surface area contributed by atoms with Gasteiger partial charge in [-0.3, -0.25) is 4.57 Å². The molecule has 0 amide bonds. The second kappa shape index (κ2) is 5.47. The summed E-state index contributed by atoms with van der Waals surface area (Å²) in [6.07, 6.45) is 0. The molecule has 1 atom stereocenters. The Labute approximate surface area is 137 Å². The minimum atomic E-state index is -0.156. The van der Waals surface area contributed by atoms with Crippen LogP contribution >= 0.6 is 27.5 Å². The van der Waals surface area contributed by atoms with Crippen LogP contribution in [0.5, 0.6) is 0 Å². The van der Waals surface area contributed by atoms with E-state index >= 15 is 0 Å². The number of halogens is 2. The standard InChI is InChI=1S/C17H16BrClN2/c1-10-7-8-16-14(9-10)20-17(12(3)19)21(16)15-6-4-5-13(18)11(15)2/h4-9,12H,1-3H3. The Bertz CT molecular complexity index is 821. The van der Waals surface area contributed by atoms with E-state index in [9.17, 15) is 0 Å². The van der Waals surface area contributed by atoms with Gasteiger partial charge in [-0.15, -0.1) is 11.6 Å². The van der Waals surface area contributed by atoms with Crippen molar-refractivity contribution in [1.82, 2.24) is 9.55 Å². The molecule has 2 aromatic carbocycles. The van der Waals surface area contributed by atoms with Crippen molar-refractivity contribution in [2.45, 2.75) is 26.1 Å². The first-order valence-corrected chi connectivity index (χ1v) is 8.10. The van der Waals surface area contributed by atoms with Gasteiger partial charge in [0.15, 0.2) is 0 Å². The lowest BCUT2D eigenvalue weighted by Gasteiger charge is -2.14. The number of alkyl halides is 1. The van der Waals surface area contributed by atoms with E-state index in [0.29, 0.717) is 0 Å². The van der Waals surface area contributed by atoms with Crippen LogP contribution in [0.25, 0.3) is 16.7 Å². The summed E-state index contributed by atoms with van der Waals surface area (Å²) in [5.41, 5.74) is 5.56. The molecule has 1 heterocycles. The van der Waals surface area contributed by atoms with Gasteiger partial charge in [-0.25, -0.2) is 4.98 Å². The van der Waals surface area contributed by atoms with Crippen LogP contribution < -0.4 is 0 Å². The van der Waals surface area contributed by atoms with Crippen molar-refractivity contribution < 1.29 is 0 Å². The highest BCUT2D eigenvalue weighted by atomic mass is 79.9. The average Bonchev–Trinajstić information content (AvgIpc) is 2.80. The third-order valence-electron chi connectivity index (χ3n) is 3.67. The van der Waals surface area contributed by atoms with Gasteiger partial charge in [0.25, 0.3) is 0 Å². The topological polar surface area (TPSA) is 17.8 Å². The quantitative estimate of drug-likeness (QED) is 0.534. The van der Waals surface area contributed by atoms with Crippen LogP contribution in [0.15, 0.2) is 40.9 Å². The van der Waals surface area contributed by atoms with Gasteiger partial charge in [0, 0.05) is 4.47 Å². The molecule has 0 bridgehead atoms. The van der Waals surface area contributed by atoms with Gasteiger partial charge < -0.3 is 0 Å². The molecule has 0 aliphatic heterocycles. The number of hydrogen-bond donors (Lipinski definition) is 0.